The number of rotatable bonds is 14. The van der Waals surface area contributed by atoms with Crippen molar-refractivity contribution in [2.45, 2.75) is 0 Å². The van der Waals surface area contributed by atoms with Crippen LogP contribution in [0.4, 0.5) is 0 Å². The molecule has 0 spiro atoms. The molecule has 0 atom stereocenters. The first kappa shape index (κ1) is 72.1. The van der Waals surface area contributed by atoms with Crippen molar-refractivity contribution in [3.8, 4) is 195 Å². The van der Waals surface area contributed by atoms with E-state index in [0.717, 1.165) is 110 Å². The van der Waals surface area contributed by atoms with Gasteiger partial charge in [0.2, 0.25) is 0 Å². The number of benzene rings is 15. The molecule has 550 valence electrons. The largest absolute Gasteiger partial charge is 0.308 e. The fourth-order valence-corrected chi connectivity index (χ4v) is 15.9. The molecule has 120 heavy (non-hydrogen) atoms. The second kappa shape index (κ2) is 30.4. The van der Waals surface area contributed by atoms with E-state index < -0.39 is 0 Å². The Morgan fingerprint density at radius 3 is 0.617 bits per heavy atom. The first-order valence-corrected chi connectivity index (χ1v) is 38.1. The third-order valence-corrected chi connectivity index (χ3v) is 21.5. The van der Waals surface area contributed by atoms with E-state index in [2.05, 4.69) is 137 Å². The molecule has 0 N–H and O–H groups in total. The molecule has 0 saturated carbocycles. The predicted octanol–water partition coefficient (Wildman–Crippen LogP) is 23.2. The minimum absolute atomic E-state index is 0.337. The lowest BCUT2D eigenvalue weighted by atomic mass is 9.96. The third-order valence-electron chi connectivity index (χ3n) is 21.5. The fourth-order valence-electron chi connectivity index (χ4n) is 15.9. The Kier molecular flexibility index (Phi) is 18.3. The van der Waals surface area contributed by atoms with Gasteiger partial charge in [-0.1, -0.05) is 176 Å². The van der Waals surface area contributed by atoms with Crippen LogP contribution in [0, 0.1) is 90.6 Å². The molecule has 0 saturated heterocycles. The first-order chi connectivity index (χ1) is 59.0. The van der Waals surface area contributed by atoms with Crippen LogP contribution < -0.4 is 0 Å². The van der Waals surface area contributed by atoms with Crippen LogP contribution in [0.2, 0.25) is 0 Å². The summed E-state index contributed by atoms with van der Waals surface area (Å²) in [5.74, 6) is 2.65. The van der Waals surface area contributed by atoms with Crippen molar-refractivity contribution in [2.75, 3.05) is 0 Å². The molecule has 15 aromatic carbocycles. The zero-order valence-corrected chi connectivity index (χ0v) is 63.3. The van der Waals surface area contributed by atoms with Gasteiger partial charge in [0.25, 0.3) is 0 Å². The molecule has 0 aliphatic carbocycles. The smallest absolute Gasteiger partial charge is 0.166 e. The van der Waals surface area contributed by atoms with Crippen LogP contribution in [0.15, 0.2) is 328 Å². The highest BCUT2D eigenvalue weighted by molar-refractivity contribution is 6.14. The van der Waals surface area contributed by atoms with E-state index in [9.17, 15) is 42.1 Å². The minimum atomic E-state index is 0.337. The molecule has 4 heterocycles. The van der Waals surface area contributed by atoms with Crippen LogP contribution in [0.1, 0.15) is 44.5 Å². The second-order valence-corrected chi connectivity index (χ2v) is 28.8. The van der Waals surface area contributed by atoms with Crippen LogP contribution in [-0.2, 0) is 0 Å². The van der Waals surface area contributed by atoms with Crippen LogP contribution in [0.5, 0.6) is 0 Å². The monoisotopic (exact) mass is 1530 g/mol. The molecule has 0 radical (unpaired) electrons. The van der Waals surface area contributed by atoms with E-state index >= 15 is 0 Å². The Bertz CT molecular complexity index is 6910. The van der Waals surface area contributed by atoms with Crippen molar-refractivity contribution < 1.29 is 0 Å². The summed E-state index contributed by atoms with van der Waals surface area (Å²) in [5, 5.41) is 85.3. The van der Waals surface area contributed by atoms with Crippen molar-refractivity contribution in [1.29, 1.82) is 42.1 Å². The highest BCUT2D eigenvalue weighted by atomic mass is 15.1. The molecule has 0 amide bonds. The molecule has 0 fully saturated rings. The maximum Gasteiger partial charge on any atom is 0.166 e. The van der Waals surface area contributed by atoms with Gasteiger partial charge in [-0.3, -0.25) is 0 Å². The number of nitrogens with zero attached hydrogens (tertiary/aromatic N) is 16. The molecular formula is C104H54N16. The molecule has 19 rings (SSSR count). The maximum atomic E-state index is 10.2. The lowest BCUT2D eigenvalue weighted by molar-refractivity contribution is 1.06. The SMILES string of the molecule is N#Cc1cc(C#N)cc(-c2ccc3c(c2)c2cc(-c4cc(C#N)cc(C#N)c4)ccc2n3-c2cc(-c3cccc(-c4ccc(-c5nc(-c6ccccc6)nc(-c6ccccc6)n5)c(-n5c6ccc(-c7cc(C#N)cc(C#N)c7)cc6c6cc(-c7cc(C#N)cc(C#N)c7)ccc65)c4)c3)ccc2-c2nc(-c3ccccc3)nc(-c3ccccc3)n2)c1. The van der Waals surface area contributed by atoms with Gasteiger partial charge in [-0.15, -0.1) is 0 Å². The van der Waals surface area contributed by atoms with E-state index in [1.807, 2.05) is 176 Å². The van der Waals surface area contributed by atoms with Gasteiger partial charge < -0.3 is 9.13 Å². The zero-order valence-electron chi connectivity index (χ0n) is 63.3. The summed E-state index contributed by atoms with van der Waals surface area (Å²) in [7, 11) is 0. The Balaban J connectivity index is 0.854. The molecule has 0 aliphatic rings. The number of aromatic nitrogens is 8. The molecule has 0 aliphatic heterocycles. The van der Waals surface area contributed by atoms with E-state index in [0.29, 0.717) is 124 Å². The summed E-state index contributed by atoms with van der Waals surface area (Å²) in [5.41, 5.74) is 20.8. The van der Waals surface area contributed by atoms with Gasteiger partial charge in [-0.05, 0) is 218 Å². The lowest BCUT2D eigenvalue weighted by Crippen LogP contribution is -2.04. The van der Waals surface area contributed by atoms with Gasteiger partial charge in [-0.25, -0.2) is 29.9 Å². The van der Waals surface area contributed by atoms with Crippen LogP contribution in [0.3, 0.4) is 0 Å². The summed E-state index contributed by atoms with van der Waals surface area (Å²) >= 11 is 0. The lowest BCUT2D eigenvalue weighted by Gasteiger charge is -2.18. The summed E-state index contributed by atoms with van der Waals surface area (Å²) in [6, 6.07) is 123. The summed E-state index contributed by atoms with van der Waals surface area (Å²) < 4.78 is 4.42. The van der Waals surface area contributed by atoms with Crippen LogP contribution >= 0.6 is 0 Å². The van der Waals surface area contributed by atoms with Crippen molar-refractivity contribution in [1.82, 2.24) is 39.0 Å². The normalized spacial score (nSPS) is 10.9. The highest BCUT2D eigenvalue weighted by Crippen LogP contribution is 2.46. The van der Waals surface area contributed by atoms with E-state index in [4.69, 9.17) is 29.9 Å². The zero-order chi connectivity index (χ0) is 81.5. The number of hydrogen-bond donors (Lipinski definition) is 0. The number of hydrogen-bond acceptors (Lipinski definition) is 14. The van der Waals surface area contributed by atoms with Gasteiger partial charge in [0, 0.05) is 54.9 Å². The molecule has 16 heteroatoms. The molecule has 4 aromatic heterocycles. The number of fused-ring (bicyclic) bond motifs is 6. The molecule has 0 bridgehead atoms. The quantitative estimate of drug-likeness (QED) is 0.0979. The average Bonchev–Trinajstić information content (AvgIpc) is 1.58. The minimum Gasteiger partial charge on any atom is -0.308 e. The topological polar surface area (TPSA) is 278 Å². The predicted molar refractivity (Wildman–Crippen MR) is 465 cm³/mol. The van der Waals surface area contributed by atoms with Gasteiger partial charge >= 0.3 is 0 Å². The van der Waals surface area contributed by atoms with Crippen LogP contribution in [-0.4, -0.2) is 39.0 Å². The maximum absolute atomic E-state index is 10.2. The standard InChI is InChI=1S/C104H54N16/c105-55-63-36-64(56-106)41-83(40-63)77-26-32-93-89(49-77)90-50-78(84-42-65(57-107)37-66(43-84)58-108)27-33-94(90)119(93)97-53-81(24-30-87(97)103-115-99(71-14-5-1-6-15-71)113-100(116-103)72-16-7-2-8-17-72)75-22-13-23-76(48-75)82-25-31-88(104-117-101(73-18-9-3-10-19-73)114-102(118-104)74-20-11-4-12-21-74)98(54-82)120-95-34-28-79(85-44-67(59-109)38-68(45-85)60-110)51-91(95)92-52-80(29-35-96(92)120)86-46-69(61-111)39-70(47-86)62-112/h1-54H. The second-order valence-electron chi connectivity index (χ2n) is 28.8. The summed E-state index contributed by atoms with van der Waals surface area (Å²) in [6.45, 7) is 0. The van der Waals surface area contributed by atoms with Gasteiger partial charge in [0.1, 0.15) is 0 Å². The van der Waals surface area contributed by atoms with E-state index in [1.54, 1.807) is 72.8 Å². The third kappa shape index (κ3) is 13.4. The molecule has 0 unspecified atom stereocenters. The Morgan fingerprint density at radius 1 is 0.167 bits per heavy atom. The number of nitriles is 8. The van der Waals surface area contributed by atoms with Crippen molar-refractivity contribution in [3.63, 3.8) is 0 Å². The van der Waals surface area contributed by atoms with E-state index in [1.165, 1.54) is 0 Å². The van der Waals surface area contributed by atoms with Gasteiger partial charge in [0.15, 0.2) is 34.9 Å². The van der Waals surface area contributed by atoms with Crippen LogP contribution in [0.25, 0.3) is 190 Å². The Hall–Kier alpha value is -18.2. The average molecular weight is 1530 g/mol. The highest BCUT2D eigenvalue weighted by Gasteiger charge is 2.26. The summed E-state index contributed by atoms with van der Waals surface area (Å²) in [6.07, 6.45) is 0. The van der Waals surface area contributed by atoms with Gasteiger partial charge in [0.05, 0.1) is 127 Å². The Labute approximate surface area is 687 Å². The van der Waals surface area contributed by atoms with Crippen molar-refractivity contribution >= 4 is 43.6 Å². The molecular weight excluding hydrogens is 1470 g/mol. The first-order valence-electron chi connectivity index (χ1n) is 38.1. The molecule has 19 aromatic rings. The van der Waals surface area contributed by atoms with E-state index in [-0.39, 0.29) is 0 Å². The van der Waals surface area contributed by atoms with Crippen molar-refractivity contribution in [3.05, 3.63) is 372 Å². The fraction of sp³-hybridized carbons (Fsp3) is 0. The van der Waals surface area contributed by atoms with Crippen molar-refractivity contribution in [2.24, 2.45) is 0 Å². The summed E-state index contributed by atoms with van der Waals surface area (Å²) in [4.78, 5) is 31.7. The molecule has 16 nitrogen and oxygen atoms in total. The Morgan fingerprint density at radius 2 is 0.375 bits per heavy atom. The van der Waals surface area contributed by atoms with Gasteiger partial charge in [-0.2, -0.15) is 42.1 Å².